The van der Waals surface area contributed by atoms with Gasteiger partial charge in [-0.3, -0.25) is 9.59 Å². The van der Waals surface area contributed by atoms with Crippen molar-refractivity contribution in [2.45, 2.75) is 83.7 Å². The Morgan fingerprint density at radius 2 is 1.81 bits per heavy atom. The molecule has 1 aromatic heterocycles. The molecule has 5 saturated carbocycles. The summed E-state index contributed by atoms with van der Waals surface area (Å²) >= 11 is 0. The fraction of sp³-hybridized carbons (Fsp3) is 0.750. The largest absolute Gasteiger partial charge is 0.477 e. The second-order valence-electron chi connectivity index (χ2n) is 11.7. The van der Waals surface area contributed by atoms with E-state index in [1.54, 1.807) is 17.8 Å². The minimum absolute atomic E-state index is 0.0706. The van der Waals surface area contributed by atoms with Gasteiger partial charge in [-0.25, -0.2) is 4.68 Å². The Morgan fingerprint density at radius 3 is 2.47 bits per heavy atom. The maximum Gasteiger partial charge on any atom is 0.258 e. The highest BCUT2D eigenvalue weighted by molar-refractivity contribution is 5.96. The van der Waals surface area contributed by atoms with Crippen LogP contribution in [0.2, 0.25) is 0 Å². The van der Waals surface area contributed by atoms with Crippen molar-refractivity contribution >= 4 is 11.8 Å². The average Bonchev–Trinajstić information content (AvgIpc) is 3.29. The van der Waals surface area contributed by atoms with Crippen LogP contribution in [0.4, 0.5) is 0 Å². The molecule has 0 saturated heterocycles. The van der Waals surface area contributed by atoms with Crippen LogP contribution in [0, 0.1) is 29.6 Å². The normalized spacial score (nSPS) is 29.8. The summed E-state index contributed by atoms with van der Waals surface area (Å²) in [6, 6.07) is 0.272. The first-order chi connectivity index (χ1) is 17.5. The van der Waals surface area contributed by atoms with E-state index in [4.69, 9.17) is 10.5 Å². The van der Waals surface area contributed by atoms with Crippen LogP contribution < -0.4 is 21.1 Å². The second-order valence-corrected chi connectivity index (χ2v) is 11.7. The number of carbonyl (C=O) groups excluding carboxylic acids is 2. The lowest BCUT2D eigenvalue weighted by molar-refractivity contribution is -0.117. The molecule has 1 heterocycles. The van der Waals surface area contributed by atoms with E-state index in [1.807, 2.05) is 6.08 Å². The molecule has 5 fully saturated rings. The van der Waals surface area contributed by atoms with E-state index in [-0.39, 0.29) is 17.9 Å². The molecule has 0 unspecified atom stereocenters. The summed E-state index contributed by atoms with van der Waals surface area (Å²) in [4.78, 5) is 25.8. The number of hydrogen-bond donors (Lipinski definition) is 3. The predicted octanol–water partition coefficient (Wildman–Crippen LogP) is 3.42. The van der Waals surface area contributed by atoms with Gasteiger partial charge < -0.3 is 21.1 Å². The van der Waals surface area contributed by atoms with E-state index < -0.39 is 0 Å². The third-order valence-corrected chi connectivity index (χ3v) is 9.10. The van der Waals surface area contributed by atoms with Crippen molar-refractivity contribution in [3.8, 4) is 5.88 Å². The summed E-state index contributed by atoms with van der Waals surface area (Å²) in [5, 5.41) is 10.7. The summed E-state index contributed by atoms with van der Waals surface area (Å²) in [6.45, 7) is 3.59. The van der Waals surface area contributed by atoms with E-state index in [0.29, 0.717) is 61.0 Å². The van der Waals surface area contributed by atoms with E-state index >= 15 is 0 Å². The Morgan fingerprint density at radius 1 is 1.11 bits per heavy atom. The van der Waals surface area contributed by atoms with Crippen molar-refractivity contribution in [3.63, 3.8) is 0 Å². The lowest BCUT2D eigenvalue weighted by atomic mass is 9.54. The van der Waals surface area contributed by atoms with Gasteiger partial charge in [-0.1, -0.05) is 25.3 Å². The SMILES string of the molecule is C/C(=C\Cn1ncc(C(=O)NC2C3CC4CC(C3)CC2C4)c1OCC1CCCCC1)C(=O)NCCN. The smallest absolute Gasteiger partial charge is 0.258 e. The molecule has 0 spiro atoms. The van der Waals surface area contributed by atoms with Crippen LogP contribution in [0.15, 0.2) is 17.8 Å². The fourth-order valence-electron chi connectivity index (χ4n) is 7.39. The van der Waals surface area contributed by atoms with Gasteiger partial charge in [0, 0.05) is 24.7 Å². The molecule has 5 aliphatic rings. The molecule has 36 heavy (non-hydrogen) atoms. The minimum Gasteiger partial charge on any atom is -0.477 e. The predicted molar refractivity (Wildman–Crippen MR) is 138 cm³/mol. The van der Waals surface area contributed by atoms with Crippen molar-refractivity contribution in [3.05, 3.63) is 23.4 Å². The molecule has 198 valence electrons. The number of aromatic nitrogens is 2. The number of rotatable bonds is 10. The molecular formula is C28H43N5O3. The number of allylic oxidation sites excluding steroid dienone is 1. The average molecular weight is 498 g/mol. The number of ether oxygens (including phenoxy) is 1. The van der Waals surface area contributed by atoms with Crippen LogP contribution in [-0.2, 0) is 11.3 Å². The topological polar surface area (TPSA) is 111 Å². The number of nitrogens with zero attached hydrogens (tertiary/aromatic N) is 2. The Kier molecular flexibility index (Phi) is 7.99. The van der Waals surface area contributed by atoms with Gasteiger partial charge in [-0.2, -0.15) is 5.10 Å². The quantitative estimate of drug-likeness (QED) is 0.429. The van der Waals surface area contributed by atoms with Gasteiger partial charge in [-0.05, 0) is 81.5 Å². The van der Waals surface area contributed by atoms with E-state index in [9.17, 15) is 9.59 Å². The van der Waals surface area contributed by atoms with Gasteiger partial charge in [0.15, 0.2) is 0 Å². The summed E-state index contributed by atoms with van der Waals surface area (Å²) in [5.41, 5.74) is 6.60. The minimum atomic E-state index is -0.142. The number of hydrogen-bond acceptors (Lipinski definition) is 5. The number of nitrogens with two attached hydrogens (primary N) is 1. The highest BCUT2D eigenvalue weighted by atomic mass is 16.5. The van der Waals surface area contributed by atoms with Gasteiger partial charge in [0.1, 0.15) is 5.56 Å². The molecule has 1 aromatic rings. The van der Waals surface area contributed by atoms with Crippen LogP contribution in [0.5, 0.6) is 5.88 Å². The number of nitrogens with one attached hydrogen (secondary N) is 2. The number of amides is 2. The third-order valence-electron chi connectivity index (χ3n) is 9.10. The monoisotopic (exact) mass is 497 g/mol. The van der Waals surface area contributed by atoms with Crippen LogP contribution in [0.1, 0.15) is 81.5 Å². The van der Waals surface area contributed by atoms with Crippen LogP contribution in [0.25, 0.3) is 0 Å². The van der Waals surface area contributed by atoms with Crippen molar-refractivity contribution in [2.75, 3.05) is 19.7 Å². The molecule has 4 bridgehead atoms. The first-order valence-electron chi connectivity index (χ1n) is 14.2. The van der Waals surface area contributed by atoms with Crippen molar-refractivity contribution < 1.29 is 14.3 Å². The Bertz CT molecular complexity index is 936. The Hall–Kier alpha value is -2.35. The Labute approximate surface area is 214 Å². The standard InChI is InChI=1S/C28H43N5O3/c1-18(26(34)30-9-8-29)7-10-33-28(36-17-19-5-3-2-4-6-19)24(16-31-33)27(35)32-25-22-12-20-11-21(14-22)15-23(25)13-20/h7,16,19-23,25H,2-6,8-15,17,29H2,1H3,(H,30,34)(H,32,35)/b18-7+. The van der Waals surface area contributed by atoms with Crippen LogP contribution in [0.3, 0.4) is 0 Å². The van der Waals surface area contributed by atoms with Crippen molar-refractivity contribution in [1.29, 1.82) is 0 Å². The van der Waals surface area contributed by atoms with E-state index in [0.717, 1.165) is 11.8 Å². The first kappa shape index (κ1) is 25.3. The fourth-order valence-corrected chi connectivity index (χ4v) is 7.39. The molecular weight excluding hydrogens is 454 g/mol. The highest BCUT2D eigenvalue weighted by Crippen LogP contribution is 2.53. The first-order valence-corrected chi connectivity index (χ1v) is 14.2. The van der Waals surface area contributed by atoms with Crippen LogP contribution >= 0.6 is 0 Å². The van der Waals surface area contributed by atoms with Gasteiger partial charge in [-0.15, -0.1) is 0 Å². The van der Waals surface area contributed by atoms with Gasteiger partial charge >= 0.3 is 0 Å². The second kappa shape index (κ2) is 11.4. The third kappa shape index (κ3) is 5.63. The molecule has 0 aromatic carbocycles. The van der Waals surface area contributed by atoms with Crippen molar-refractivity contribution in [1.82, 2.24) is 20.4 Å². The maximum atomic E-state index is 13.6. The zero-order valence-electron chi connectivity index (χ0n) is 21.7. The molecule has 5 aliphatic carbocycles. The summed E-state index contributed by atoms with van der Waals surface area (Å²) < 4.78 is 8.04. The van der Waals surface area contributed by atoms with E-state index in [1.165, 1.54) is 64.2 Å². The lowest BCUT2D eigenvalue weighted by Gasteiger charge is -2.54. The molecule has 4 N–H and O–H groups in total. The van der Waals surface area contributed by atoms with Crippen LogP contribution in [-0.4, -0.2) is 47.3 Å². The summed E-state index contributed by atoms with van der Waals surface area (Å²) in [6.07, 6.45) is 16.0. The molecule has 0 aliphatic heterocycles. The van der Waals surface area contributed by atoms with Gasteiger partial charge in [0.25, 0.3) is 5.91 Å². The molecule has 0 atom stereocenters. The summed E-state index contributed by atoms with van der Waals surface area (Å²) in [5.74, 6) is 3.80. The Balaban J connectivity index is 1.30. The lowest BCUT2D eigenvalue weighted by Crippen LogP contribution is -2.55. The summed E-state index contributed by atoms with van der Waals surface area (Å²) in [7, 11) is 0. The molecule has 8 nitrogen and oxygen atoms in total. The zero-order chi connectivity index (χ0) is 25.1. The van der Waals surface area contributed by atoms with Gasteiger partial charge in [0.05, 0.1) is 19.3 Å². The van der Waals surface area contributed by atoms with Crippen molar-refractivity contribution in [2.24, 2.45) is 35.3 Å². The van der Waals surface area contributed by atoms with E-state index in [2.05, 4.69) is 15.7 Å². The molecule has 6 rings (SSSR count). The maximum absolute atomic E-state index is 13.6. The molecule has 8 heteroatoms. The molecule has 0 radical (unpaired) electrons. The van der Waals surface area contributed by atoms with Gasteiger partial charge in [0.2, 0.25) is 11.8 Å². The zero-order valence-corrected chi connectivity index (χ0v) is 21.7. The molecule has 2 amide bonds. The highest BCUT2D eigenvalue weighted by Gasteiger charge is 2.48. The number of carbonyl (C=O) groups is 2.